The molecule has 0 bridgehead atoms. The van der Waals surface area contributed by atoms with Gasteiger partial charge in [-0.3, -0.25) is 9.59 Å². The van der Waals surface area contributed by atoms with Crippen LogP contribution in [0.2, 0.25) is 0 Å². The van der Waals surface area contributed by atoms with Gasteiger partial charge in [0.1, 0.15) is 5.75 Å². The van der Waals surface area contributed by atoms with Crippen molar-refractivity contribution in [3.8, 4) is 5.75 Å². The molecule has 0 radical (unpaired) electrons. The third-order valence-corrected chi connectivity index (χ3v) is 3.44. The van der Waals surface area contributed by atoms with Gasteiger partial charge in [0.15, 0.2) is 0 Å². The number of benzene rings is 1. The fourth-order valence-electron chi connectivity index (χ4n) is 1.60. The monoisotopic (exact) mass is 383 g/mol. The Morgan fingerprint density at radius 2 is 2.04 bits per heavy atom. The first-order valence-electron chi connectivity index (χ1n) is 7.62. The first kappa shape index (κ1) is 19.2. The smallest absolute Gasteiger partial charge is 0.329 e. The molecule has 0 aromatic heterocycles. The van der Waals surface area contributed by atoms with Crippen LogP contribution in [-0.4, -0.2) is 31.2 Å². The molecule has 0 unspecified atom stereocenters. The van der Waals surface area contributed by atoms with Crippen molar-refractivity contribution in [1.82, 2.24) is 10.7 Å². The quantitative estimate of drug-likeness (QED) is 0.313. The second-order valence-corrected chi connectivity index (χ2v) is 5.70. The summed E-state index contributed by atoms with van der Waals surface area (Å²) in [6, 6.07) is 5.45. The lowest BCUT2D eigenvalue weighted by molar-refractivity contribution is -0.139. The number of carbonyl (C=O) groups excluding carboxylic acids is 2. The van der Waals surface area contributed by atoms with Crippen molar-refractivity contribution in [2.45, 2.75) is 33.1 Å². The van der Waals surface area contributed by atoms with Crippen molar-refractivity contribution in [1.29, 1.82) is 0 Å². The molecule has 23 heavy (non-hydrogen) atoms. The maximum Gasteiger partial charge on any atom is 0.329 e. The summed E-state index contributed by atoms with van der Waals surface area (Å²) in [5.74, 6) is -0.706. The summed E-state index contributed by atoms with van der Waals surface area (Å²) < 4.78 is 6.35. The first-order chi connectivity index (χ1) is 11.1. The average molecular weight is 384 g/mol. The zero-order valence-corrected chi connectivity index (χ0v) is 15.0. The van der Waals surface area contributed by atoms with E-state index in [0.717, 1.165) is 35.0 Å². The normalized spacial score (nSPS) is 10.6. The number of nitrogens with zero attached hydrogens (tertiary/aromatic N) is 1. The van der Waals surface area contributed by atoms with Crippen molar-refractivity contribution in [2.75, 3.05) is 13.2 Å². The van der Waals surface area contributed by atoms with Gasteiger partial charge in [-0.25, -0.2) is 5.43 Å². The molecule has 0 atom stereocenters. The molecule has 1 rings (SSSR count). The molecule has 0 heterocycles. The number of hydrogen-bond donors (Lipinski definition) is 2. The molecular weight excluding hydrogens is 362 g/mol. The lowest BCUT2D eigenvalue weighted by Crippen LogP contribution is -2.38. The fraction of sp³-hybridized carbons (Fsp3) is 0.438. The van der Waals surface area contributed by atoms with Crippen LogP contribution in [0.1, 0.15) is 38.7 Å². The Morgan fingerprint density at radius 3 is 2.70 bits per heavy atom. The Morgan fingerprint density at radius 1 is 1.26 bits per heavy atom. The van der Waals surface area contributed by atoms with Gasteiger partial charge < -0.3 is 10.1 Å². The van der Waals surface area contributed by atoms with Crippen LogP contribution in [0.5, 0.6) is 5.75 Å². The third-order valence-electron chi connectivity index (χ3n) is 2.82. The Labute approximate surface area is 144 Å². The van der Waals surface area contributed by atoms with E-state index in [4.69, 9.17) is 4.74 Å². The van der Waals surface area contributed by atoms with Gasteiger partial charge in [0.2, 0.25) is 0 Å². The minimum absolute atomic E-state index is 0.485. The minimum atomic E-state index is -0.778. The number of halogens is 1. The molecule has 1 aromatic carbocycles. The third kappa shape index (κ3) is 7.27. The predicted octanol–water partition coefficient (Wildman–Crippen LogP) is 2.60. The number of carbonyl (C=O) groups is 2. The van der Waals surface area contributed by atoms with Crippen molar-refractivity contribution < 1.29 is 14.3 Å². The Bertz CT molecular complexity index is 562. The molecule has 0 aliphatic carbocycles. The van der Waals surface area contributed by atoms with Gasteiger partial charge >= 0.3 is 11.8 Å². The largest absolute Gasteiger partial charge is 0.492 e. The highest BCUT2D eigenvalue weighted by atomic mass is 79.9. The average Bonchev–Trinajstić information content (AvgIpc) is 2.54. The molecule has 2 N–H and O–H groups in total. The van der Waals surface area contributed by atoms with Crippen molar-refractivity contribution in [2.24, 2.45) is 5.10 Å². The lowest BCUT2D eigenvalue weighted by atomic mass is 10.2. The Kier molecular flexibility index (Phi) is 8.97. The van der Waals surface area contributed by atoms with E-state index >= 15 is 0 Å². The highest BCUT2D eigenvalue weighted by Gasteiger charge is 2.11. The van der Waals surface area contributed by atoms with Crippen molar-refractivity contribution in [3.63, 3.8) is 0 Å². The lowest BCUT2D eigenvalue weighted by Gasteiger charge is -2.07. The van der Waals surface area contributed by atoms with E-state index in [9.17, 15) is 9.59 Å². The van der Waals surface area contributed by atoms with Gasteiger partial charge in [-0.15, -0.1) is 0 Å². The highest BCUT2D eigenvalue weighted by molar-refractivity contribution is 9.10. The molecule has 1 aromatic rings. The molecule has 2 amide bonds. The number of ether oxygens (including phenoxy) is 1. The van der Waals surface area contributed by atoms with E-state index in [-0.39, 0.29) is 0 Å². The number of hydrogen-bond acceptors (Lipinski definition) is 4. The minimum Gasteiger partial charge on any atom is -0.492 e. The molecule has 0 saturated heterocycles. The number of nitrogens with one attached hydrogen (secondary N) is 2. The summed E-state index contributed by atoms with van der Waals surface area (Å²) in [5.41, 5.74) is 2.97. The number of rotatable bonds is 8. The highest BCUT2D eigenvalue weighted by Crippen LogP contribution is 2.25. The predicted molar refractivity (Wildman–Crippen MR) is 93.6 cm³/mol. The molecule has 0 fully saturated rings. The molecule has 0 spiro atoms. The number of hydrazone groups is 1. The zero-order valence-electron chi connectivity index (χ0n) is 13.4. The second kappa shape index (κ2) is 10.8. The molecule has 0 saturated carbocycles. The maximum absolute atomic E-state index is 11.5. The van der Waals surface area contributed by atoms with Gasteiger partial charge in [0.25, 0.3) is 0 Å². The van der Waals surface area contributed by atoms with Gasteiger partial charge in [-0.05, 0) is 52.5 Å². The standard InChI is InChI=1S/C16H22BrN3O3/c1-3-5-8-18-15(21)16(22)20-19-11-12-6-7-14(13(17)10-12)23-9-4-2/h6-7,10-11H,3-5,8-9H2,1-2H3,(H,18,21)(H,20,22)/b19-11-. The molecular formula is C16H22BrN3O3. The summed E-state index contributed by atoms with van der Waals surface area (Å²) in [6.45, 7) is 5.18. The zero-order chi connectivity index (χ0) is 17.1. The van der Waals surface area contributed by atoms with E-state index in [1.807, 2.05) is 32.0 Å². The molecule has 6 nitrogen and oxygen atoms in total. The van der Waals surface area contributed by atoms with E-state index < -0.39 is 11.8 Å². The summed E-state index contributed by atoms with van der Waals surface area (Å²) in [7, 11) is 0. The molecule has 7 heteroatoms. The van der Waals surface area contributed by atoms with Gasteiger partial charge in [-0.1, -0.05) is 20.3 Å². The van der Waals surface area contributed by atoms with E-state index in [2.05, 4.69) is 31.8 Å². The van der Waals surface area contributed by atoms with Crippen LogP contribution in [0, 0.1) is 0 Å². The summed E-state index contributed by atoms with van der Waals surface area (Å²) in [6.07, 6.45) is 4.18. The van der Waals surface area contributed by atoms with Crippen LogP contribution in [-0.2, 0) is 9.59 Å². The van der Waals surface area contributed by atoms with E-state index in [1.165, 1.54) is 6.21 Å². The maximum atomic E-state index is 11.5. The van der Waals surface area contributed by atoms with E-state index in [0.29, 0.717) is 13.2 Å². The summed E-state index contributed by atoms with van der Waals surface area (Å²) >= 11 is 3.42. The SMILES string of the molecule is CCCCNC(=O)C(=O)N/N=C\c1ccc(OCCC)c(Br)c1. The number of unbranched alkanes of at least 4 members (excludes halogenated alkanes) is 1. The van der Waals surface area contributed by atoms with Crippen LogP contribution >= 0.6 is 15.9 Å². The molecule has 126 valence electrons. The van der Waals surface area contributed by atoms with Crippen LogP contribution in [0.3, 0.4) is 0 Å². The number of amides is 2. The van der Waals surface area contributed by atoms with Crippen LogP contribution in [0.15, 0.2) is 27.8 Å². The fourth-order valence-corrected chi connectivity index (χ4v) is 2.11. The Hall–Kier alpha value is -1.89. The van der Waals surface area contributed by atoms with Crippen LogP contribution in [0.25, 0.3) is 0 Å². The molecule has 0 aliphatic heterocycles. The van der Waals surface area contributed by atoms with Gasteiger partial charge in [0, 0.05) is 6.54 Å². The Balaban J connectivity index is 2.49. The van der Waals surface area contributed by atoms with Crippen LogP contribution in [0.4, 0.5) is 0 Å². The van der Waals surface area contributed by atoms with Gasteiger partial charge in [0.05, 0.1) is 17.3 Å². The van der Waals surface area contributed by atoms with Crippen molar-refractivity contribution >= 4 is 34.0 Å². The second-order valence-electron chi connectivity index (χ2n) is 4.85. The van der Waals surface area contributed by atoms with E-state index in [1.54, 1.807) is 0 Å². The summed E-state index contributed by atoms with van der Waals surface area (Å²) in [4.78, 5) is 22.9. The van der Waals surface area contributed by atoms with Crippen molar-refractivity contribution in [3.05, 3.63) is 28.2 Å². The van der Waals surface area contributed by atoms with Gasteiger partial charge in [-0.2, -0.15) is 5.10 Å². The first-order valence-corrected chi connectivity index (χ1v) is 8.41. The topological polar surface area (TPSA) is 79.8 Å². The van der Waals surface area contributed by atoms with Crippen LogP contribution < -0.4 is 15.5 Å². The summed E-state index contributed by atoms with van der Waals surface area (Å²) in [5, 5.41) is 6.30. The molecule has 0 aliphatic rings.